The van der Waals surface area contributed by atoms with Gasteiger partial charge in [0.15, 0.2) is 6.61 Å². The second kappa shape index (κ2) is 9.50. The molecule has 1 aliphatic heterocycles. The number of hydrogen-bond acceptors (Lipinski definition) is 4. The van der Waals surface area contributed by atoms with Gasteiger partial charge in [0.05, 0.1) is 11.4 Å². The maximum atomic E-state index is 12.6. The van der Waals surface area contributed by atoms with Crippen LogP contribution in [0.15, 0.2) is 83.8 Å². The predicted octanol–water partition coefficient (Wildman–Crippen LogP) is 4.73. The Labute approximate surface area is 180 Å². The third-order valence-corrected chi connectivity index (χ3v) is 5.91. The number of fused-ring (bicyclic) bond motifs is 1. The van der Waals surface area contributed by atoms with Gasteiger partial charge in [-0.2, -0.15) is 0 Å². The van der Waals surface area contributed by atoms with Gasteiger partial charge in [0.2, 0.25) is 5.91 Å². The van der Waals surface area contributed by atoms with E-state index in [0.29, 0.717) is 18.0 Å². The molecule has 0 saturated carbocycles. The van der Waals surface area contributed by atoms with E-state index in [2.05, 4.69) is 17.4 Å². The Morgan fingerprint density at radius 3 is 2.57 bits per heavy atom. The molecule has 5 nitrogen and oxygen atoms in total. The van der Waals surface area contributed by atoms with Crippen LogP contribution in [0.5, 0.6) is 5.75 Å². The van der Waals surface area contributed by atoms with Gasteiger partial charge < -0.3 is 15.0 Å². The molecule has 0 saturated heterocycles. The molecular weight excluding hydrogens is 396 g/mol. The lowest BCUT2D eigenvalue weighted by Crippen LogP contribution is -2.40. The normalized spacial score (nSPS) is 12.8. The number of thioether (sulfide) groups is 1. The van der Waals surface area contributed by atoms with Gasteiger partial charge in [-0.25, -0.2) is 0 Å². The maximum absolute atomic E-state index is 12.6. The summed E-state index contributed by atoms with van der Waals surface area (Å²) in [5, 5.41) is 3.00. The number of carbonyl (C=O) groups is 2. The summed E-state index contributed by atoms with van der Waals surface area (Å²) in [6.45, 7) is 0.307. The second-order valence-electron chi connectivity index (χ2n) is 6.87. The summed E-state index contributed by atoms with van der Waals surface area (Å²) < 4.78 is 5.45. The first-order chi connectivity index (χ1) is 14.7. The summed E-state index contributed by atoms with van der Waals surface area (Å²) in [5.41, 5.74) is 2.73. The Morgan fingerprint density at radius 2 is 1.70 bits per heavy atom. The molecule has 0 unspecified atom stereocenters. The van der Waals surface area contributed by atoms with Gasteiger partial charge >= 0.3 is 0 Å². The van der Waals surface area contributed by atoms with E-state index in [9.17, 15) is 9.59 Å². The highest BCUT2D eigenvalue weighted by Crippen LogP contribution is 2.32. The highest BCUT2D eigenvalue weighted by atomic mass is 32.2. The minimum absolute atomic E-state index is 0.00239. The summed E-state index contributed by atoms with van der Waals surface area (Å²) in [5.74, 6) is 1.23. The maximum Gasteiger partial charge on any atom is 0.265 e. The minimum Gasteiger partial charge on any atom is -0.482 e. The van der Waals surface area contributed by atoms with Gasteiger partial charge in [-0.1, -0.05) is 54.6 Å². The molecule has 6 heteroatoms. The van der Waals surface area contributed by atoms with E-state index < -0.39 is 0 Å². The fourth-order valence-electron chi connectivity index (χ4n) is 3.26. The zero-order valence-electron chi connectivity index (χ0n) is 16.4. The molecule has 1 heterocycles. The van der Waals surface area contributed by atoms with Crippen LogP contribution in [0.1, 0.15) is 12.0 Å². The Balaban J connectivity index is 1.37. The number of nitrogens with one attached hydrogen (secondary N) is 1. The van der Waals surface area contributed by atoms with Crippen LogP contribution in [0.2, 0.25) is 0 Å². The molecule has 0 aliphatic carbocycles. The Morgan fingerprint density at radius 1 is 0.967 bits per heavy atom. The van der Waals surface area contributed by atoms with Gasteiger partial charge in [0, 0.05) is 23.6 Å². The molecule has 1 N–H and O–H groups in total. The van der Waals surface area contributed by atoms with E-state index in [1.165, 1.54) is 5.56 Å². The second-order valence-corrected chi connectivity index (χ2v) is 7.89. The number of ether oxygens (including phenoxy) is 1. The molecule has 0 bridgehead atoms. The summed E-state index contributed by atoms with van der Waals surface area (Å²) >= 11 is 1.68. The fourth-order valence-corrected chi connectivity index (χ4v) is 4.22. The van der Waals surface area contributed by atoms with E-state index in [0.717, 1.165) is 16.3 Å². The molecule has 0 radical (unpaired) electrons. The monoisotopic (exact) mass is 418 g/mol. The van der Waals surface area contributed by atoms with Crippen molar-refractivity contribution in [3.63, 3.8) is 0 Å². The van der Waals surface area contributed by atoms with Gasteiger partial charge in [-0.3, -0.25) is 9.59 Å². The molecule has 0 atom stereocenters. The van der Waals surface area contributed by atoms with Gasteiger partial charge in [0.1, 0.15) is 5.75 Å². The zero-order valence-corrected chi connectivity index (χ0v) is 17.2. The summed E-state index contributed by atoms with van der Waals surface area (Å²) in [4.78, 5) is 27.5. The molecule has 1 aliphatic rings. The molecule has 152 valence electrons. The number of hydrogen-bond donors (Lipinski definition) is 1. The first-order valence-electron chi connectivity index (χ1n) is 9.78. The molecular formula is C24H22N2O3S. The number of para-hydroxylation sites is 3. The van der Waals surface area contributed by atoms with Crippen molar-refractivity contribution in [1.82, 2.24) is 0 Å². The lowest BCUT2D eigenvalue weighted by Gasteiger charge is -2.29. The van der Waals surface area contributed by atoms with Crippen LogP contribution in [-0.4, -0.2) is 25.0 Å². The predicted molar refractivity (Wildman–Crippen MR) is 120 cm³/mol. The molecule has 30 heavy (non-hydrogen) atoms. The SMILES string of the molecule is O=C(CCN1C(=O)COc2ccccc21)Nc1ccccc1SCc1ccccc1. The van der Waals surface area contributed by atoms with Crippen LogP contribution >= 0.6 is 11.8 Å². The molecule has 3 aromatic rings. The van der Waals surface area contributed by atoms with Crippen molar-refractivity contribution >= 4 is 35.0 Å². The largest absolute Gasteiger partial charge is 0.482 e. The van der Waals surface area contributed by atoms with Crippen LogP contribution < -0.4 is 15.0 Å². The quantitative estimate of drug-likeness (QED) is 0.564. The molecule has 2 amide bonds. The fraction of sp³-hybridized carbons (Fsp3) is 0.167. The smallest absolute Gasteiger partial charge is 0.265 e. The lowest BCUT2D eigenvalue weighted by atomic mass is 10.2. The average Bonchev–Trinajstić information content (AvgIpc) is 2.78. The summed E-state index contributed by atoms with van der Waals surface area (Å²) in [6.07, 6.45) is 0.206. The first-order valence-corrected chi connectivity index (χ1v) is 10.8. The number of rotatable bonds is 7. The van der Waals surface area contributed by atoms with Crippen molar-refractivity contribution in [2.75, 3.05) is 23.4 Å². The van der Waals surface area contributed by atoms with Crippen molar-refractivity contribution in [2.45, 2.75) is 17.1 Å². The van der Waals surface area contributed by atoms with Crippen molar-refractivity contribution in [2.24, 2.45) is 0 Å². The van der Waals surface area contributed by atoms with Gasteiger partial charge in [-0.05, 0) is 29.8 Å². The van der Waals surface area contributed by atoms with Gasteiger partial charge in [0.25, 0.3) is 5.91 Å². The standard InChI is InChI=1S/C24H22N2O3S/c27-23(14-15-26-20-11-5-6-12-21(20)29-16-24(26)28)25-19-10-4-7-13-22(19)30-17-18-8-2-1-3-9-18/h1-13H,14-17H2,(H,25,27). The van der Waals surface area contributed by atoms with Crippen molar-refractivity contribution in [3.8, 4) is 5.75 Å². The zero-order chi connectivity index (χ0) is 20.8. The first kappa shape index (κ1) is 20.0. The van der Waals surface area contributed by atoms with Crippen LogP contribution in [-0.2, 0) is 15.3 Å². The summed E-state index contributed by atoms with van der Waals surface area (Å²) in [7, 11) is 0. The van der Waals surface area contributed by atoms with Crippen molar-refractivity contribution < 1.29 is 14.3 Å². The van der Waals surface area contributed by atoms with Gasteiger partial charge in [-0.15, -0.1) is 11.8 Å². The van der Waals surface area contributed by atoms with Crippen LogP contribution in [0, 0.1) is 0 Å². The minimum atomic E-state index is -0.139. The topological polar surface area (TPSA) is 58.6 Å². The van der Waals surface area contributed by atoms with Crippen LogP contribution in [0.3, 0.4) is 0 Å². The van der Waals surface area contributed by atoms with E-state index in [1.54, 1.807) is 16.7 Å². The number of benzene rings is 3. The summed E-state index contributed by atoms with van der Waals surface area (Å²) in [6, 6.07) is 25.4. The third-order valence-electron chi connectivity index (χ3n) is 4.77. The third kappa shape index (κ3) is 4.83. The number of amides is 2. The Bertz CT molecular complexity index is 1040. The van der Waals surface area contributed by atoms with E-state index >= 15 is 0 Å². The number of anilines is 2. The number of carbonyl (C=O) groups excluding carboxylic acids is 2. The molecule has 3 aromatic carbocycles. The Hall–Kier alpha value is -3.25. The lowest BCUT2D eigenvalue weighted by molar-refractivity contribution is -0.121. The van der Waals surface area contributed by atoms with Crippen LogP contribution in [0.4, 0.5) is 11.4 Å². The van der Waals surface area contributed by atoms with Crippen LogP contribution in [0.25, 0.3) is 0 Å². The van der Waals surface area contributed by atoms with E-state index in [-0.39, 0.29) is 24.8 Å². The average molecular weight is 419 g/mol. The van der Waals surface area contributed by atoms with E-state index in [4.69, 9.17) is 4.74 Å². The molecule has 0 spiro atoms. The van der Waals surface area contributed by atoms with Crippen molar-refractivity contribution in [1.29, 1.82) is 0 Å². The van der Waals surface area contributed by atoms with E-state index in [1.807, 2.05) is 66.7 Å². The molecule has 0 fully saturated rings. The van der Waals surface area contributed by atoms with Crippen molar-refractivity contribution in [3.05, 3.63) is 84.4 Å². The molecule has 4 rings (SSSR count). The highest BCUT2D eigenvalue weighted by Gasteiger charge is 2.25. The Kier molecular flexibility index (Phi) is 6.35. The molecule has 0 aromatic heterocycles. The highest BCUT2D eigenvalue weighted by molar-refractivity contribution is 7.98. The number of nitrogens with zero attached hydrogens (tertiary/aromatic N) is 1.